The van der Waals surface area contributed by atoms with E-state index in [1.807, 2.05) is 0 Å². The molecule has 0 unspecified atom stereocenters. The number of rotatable bonds is 9. The largest absolute Gasteiger partial charge is 0.396 e. The molecule has 100 valence electrons. The lowest BCUT2D eigenvalue weighted by Gasteiger charge is -2.06. The third-order valence-corrected chi connectivity index (χ3v) is 3.62. The van der Waals surface area contributed by atoms with Gasteiger partial charge in [-0.15, -0.1) is 0 Å². The number of nitrogens with one attached hydrogen (secondary N) is 1. The van der Waals surface area contributed by atoms with Crippen molar-refractivity contribution in [3.63, 3.8) is 0 Å². The van der Waals surface area contributed by atoms with E-state index in [9.17, 15) is 0 Å². The molecule has 1 saturated carbocycles. The minimum absolute atomic E-state index is 0.334. The van der Waals surface area contributed by atoms with Crippen LogP contribution in [-0.4, -0.2) is 18.3 Å². The summed E-state index contributed by atoms with van der Waals surface area (Å²) in [5.41, 5.74) is 2.90. The molecule has 0 radical (unpaired) electrons. The van der Waals surface area contributed by atoms with Crippen LogP contribution in [0.2, 0.25) is 0 Å². The van der Waals surface area contributed by atoms with Crippen molar-refractivity contribution < 1.29 is 5.11 Å². The average molecular weight is 247 g/mol. The van der Waals surface area contributed by atoms with Crippen molar-refractivity contribution in [2.45, 2.75) is 51.0 Å². The fourth-order valence-corrected chi connectivity index (χ4v) is 2.27. The minimum Gasteiger partial charge on any atom is -0.396 e. The molecule has 1 aromatic carbocycles. The van der Waals surface area contributed by atoms with Crippen LogP contribution in [0.5, 0.6) is 0 Å². The van der Waals surface area contributed by atoms with Gasteiger partial charge in [-0.05, 0) is 49.3 Å². The van der Waals surface area contributed by atoms with Gasteiger partial charge in [0, 0.05) is 13.2 Å². The van der Waals surface area contributed by atoms with Crippen molar-refractivity contribution in [2.24, 2.45) is 0 Å². The normalized spacial score (nSPS) is 14.9. The Balaban J connectivity index is 1.55. The molecule has 2 nitrogen and oxygen atoms in total. The van der Waals surface area contributed by atoms with E-state index in [4.69, 9.17) is 5.11 Å². The van der Waals surface area contributed by atoms with Gasteiger partial charge in [0.2, 0.25) is 0 Å². The molecule has 1 aliphatic rings. The van der Waals surface area contributed by atoms with Crippen molar-refractivity contribution in [3.8, 4) is 0 Å². The lowest BCUT2D eigenvalue weighted by molar-refractivity contribution is 0.282. The molecule has 2 heteroatoms. The second-order valence-electron chi connectivity index (χ2n) is 5.33. The summed E-state index contributed by atoms with van der Waals surface area (Å²) in [5, 5.41) is 12.1. The van der Waals surface area contributed by atoms with E-state index >= 15 is 0 Å². The van der Waals surface area contributed by atoms with E-state index in [-0.39, 0.29) is 0 Å². The third kappa shape index (κ3) is 4.79. The van der Waals surface area contributed by atoms with Gasteiger partial charge in [0.15, 0.2) is 0 Å². The summed E-state index contributed by atoms with van der Waals surface area (Å²) in [5.74, 6) is 0.860. The van der Waals surface area contributed by atoms with E-state index in [0.717, 1.165) is 31.8 Å². The highest BCUT2D eigenvalue weighted by molar-refractivity contribution is 5.27. The number of aliphatic hydroxyl groups is 1. The number of hydrogen-bond donors (Lipinski definition) is 2. The maximum Gasteiger partial charge on any atom is 0.0431 e. The van der Waals surface area contributed by atoms with Crippen molar-refractivity contribution >= 4 is 0 Å². The standard InChI is InChI=1S/C16H25NO/c18-12-4-2-1-3-11-17-13-14-5-7-15(8-6-14)16-9-10-16/h5-8,16-18H,1-4,9-13H2. The first-order valence-corrected chi connectivity index (χ1v) is 7.30. The summed E-state index contributed by atoms with van der Waals surface area (Å²) in [4.78, 5) is 0. The number of unbranched alkanes of at least 4 members (excludes halogenated alkanes) is 3. The number of hydrogen-bond acceptors (Lipinski definition) is 2. The Labute approximate surface area is 110 Å². The summed E-state index contributed by atoms with van der Waals surface area (Å²) in [6.07, 6.45) is 7.28. The molecule has 1 fully saturated rings. The first-order valence-electron chi connectivity index (χ1n) is 7.30. The SMILES string of the molecule is OCCCCCCNCc1ccc(C2CC2)cc1. The average Bonchev–Trinajstić information content (AvgIpc) is 3.23. The molecule has 0 heterocycles. The summed E-state index contributed by atoms with van der Waals surface area (Å²) >= 11 is 0. The van der Waals surface area contributed by atoms with Crippen molar-refractivity contribution in [1.29, 1.82) is 0 Å². The fourth-order valence-electron chi connectivity index (χ4n) is 2.27. The molecule has 18 heavy (non-hydrogen) atoms. The first-order chi connectivity index (χ1) is 8.90. The minimum atomic E-state index is 0.334. The van der Waals surface area contributed by atoms with Gasteiger partial charge in [0.05, 0.1) is 0 Å². The van der Waals surface area contributed by atoms with E-state index in [0.29, 0.717) is 6.61 Å². The molecule has 0 bridgehead atoms. The smallest absolute Gasteiger partial charge is 0.0431 e. The van der Waals surface area contributed by atoms with Crippen LogP contribution in [0.3, 0.4) is 0 Å². The molecular formula is C16H25NO. The molecule has 2 rings (SSSR count). The molecule has 0 spiro atoms. The Morgan fingerprint density at radius 3 is 2.39 bits per heavy atom. The van der Waals surface area contributed by atoms with Crippen molar-refractivity contribution in [2.75, 3.05) is 13.2 Å². The Hall–Kier alpha value is -0.860. The number of benzene rings is 1. The van der Waals surface area contributed by atoms with E-state index in [1.165, 1.54) is 36.8 Å². The second kappa shape index (κ2) is 7.55. The van der Waals surface area contributed by atoms with Crippen LogP contribution in [0.15, 0.2) is 24.3 Å². The van der Waals surface area contributed by atoms with Crippen LogP contribution in [-0.2, 0) is 6.54 Å². The summed E-state index contributed by atoms with van der Waals surface area (Å²) < 4.78 is 0. The van der Waals surface area contributed by atoms with Gasteiger partial charge in [-0.3, -0.25) is 0 Å². The van der Waals surface area contributed by atoms with Gasteiger partial charge in [-0.25, -0.2) is 0 Å². The topological polar surface area (TPSA) is 32.3 Å². The lowest BCUT2D eigenvalue weighted by atomic mass is 10.1. The van der Waals surface area contributed by atoms with Gasteiger partial charge in [0.25, 0.3) is 0 Å². The van der Waals surface area contributed by atoms with Crippen LogP contribution >= 0.6 is 0 Å². The predicted octanol–water partition coefficient (Wildman–Crippen LogP) is 3.21. The van der Waals surface area contributed by atoms with Gasteiger partial charge >= 0.3 is 0 Å². The second-order valence-corrected chi connectivity index (χ2v) is 5.33. The van der Waals surface area contributed by atoms with Gasteiger partial charge in [-0.2, -0.15) is 0 Å². The zero-order chi connectivity index (χ0) is 12.6. The zero-order valence-electron chi connectivity index (χ0n) is 11.2. The highest BCUT2D eigenvalue weighted by atomic mass is 16.2. The maximum absolute atomic E-state index is 8.67. The molecule has 2 N–H and O–H groups in total. The van der Waals surface area contributed by atoms with E-state index < -0.39 is 0 Å². The molecular weight excluding hydrogens is 222 g/mol. The van der Waals surface area contributed by atoms with Gasteiger partial charge < -0.3 is 10.4 Å². The number of aliphatic hydroxyl groups excluding tert-OH is 1. The predicted molar refractivity (Wildman–Crippen MR) is 75.7 cm³/mol. The Morgan fingerprint density at radius 2 is 1.72 bits per heavy atom. The molecule has 0 amide bonds. The van der Waals surface area contributed by atoms with Crippen molar-refractivity contribution in [3.05, 3.63) is 35.4 Å². The summed E-state index contributed by atoms with van der Waals surface area (Å²) in [6, 6.07) is 9.09. The van der Waals surface area contributed by atoms with E-state index in [1.54, 1.807) is 0 Å². The molecule has 0 saturated heterocycles. The molecule has 0 atom stereocenters. The Bertz CT molecular complexity index is 329. The van der Waals surface area contributed by atoms with Crippen molar-refractivity contribution in [1.82, 2.24) is 5.32 Å². The highest BCUT2D eigenvalue weighted by Gasteiger charge is 2.22. The zero-order valence-corrected chi connectivity index (χ0v) is 11.2. The van der Waals surface area contributed by atoms with Crippen LogP contribution in [0.1, 0.15) is 55.6 Å². The lowest BCUT2D eigenvalue weighted by Crippen LogP contribution is -2.14. The molecule has 0 aromatic heterocycles. The van der Waals surface area contributed by atoms with E-state index in [2.05, 4.69) is 29.6 Å². The fraction of sp³-hybridized carbons (Fsp3) is 0.625. The Kier molecular flexibility index (Phi) is 5.69. The summed E-state index contributed by atoms with van der Waals surface area (Å²) in [7, 11) is 0. The monoisotopic (exact) mass is 247 g/mol. The van der Waals surface area contributed by atoms with Crippen LogP contribution in [0.25, 0.3) is 0 Å². The first kappa shape index (κ1) is 13.6. The van der Waals surface area contributed by atoms with Gasteiger partial charge in [-0.1, -0.05) is 37.1 Å². The quantitative estimate of drug-likeness (QED) is 0.657. The van der Waals surface area contributed by atoms with Gasteiger partial charge in [0.1, 0.15) is 0 Å². The molecule has 1 aromatic rings. The van der Waals surface area contributed by atoms with Crippen LogP contribution in [0.4, 0.5) is 0 Å². The van der Waals surface area contributed by atoms with Crippen LogP contribution in [0, 0.1) is 0 Å². The van der Waals surface area contributed by atoms with Crippen LogP contribution < -0.4 is 5.32 Å². The molecule has 0 aliphatic heterocycles. The highest BCUT2D eigenvalue weighted by Crippen LogP contribution is 2.39. The third-order valence-electron chi connectivity index (χ3n) is 3.62. The molecule has 1 aliphatic carbocycles. The maximum atomic E-state index is 8.67. The summed E-state index contributed by atoms with van der Waals surface area (Å²) in [6.45, 7) is 2.39. The Morgan fingerprint density at radius 1 is 1.00 bits per heavy atom.